The van der Waals surface area contributed by atoms with Crippen LogP contribution in [0.3, 0.4) is 0 Å². The van der Waals surface area contributed by atoms with E-state index in [1.165, 1.54) is 6.08 Å². The average Bonchev–Trinajstić information content (AvgIpc) is 3.02. The number of fused-ring (bicyclic) bond motifs is 1. The third-order valence-corrected chi connectivity index (χ3v) is 4.43. The number of nitrogens with zero attached hydrogens (tertiary/aromatic N) is 1. The molecule has 2 aromatic carbocycles. The van der Waals surface area contributed by atoms with E-state index in [2.05, 4.69) is 11.9 Å². The lowest BCUT2D eigenvalue weighted by Gasteiger charge is -2.15. The molecule has 118 valence electrons. The first-order valence-electron chi connectivity index (χ1n) is 7.49. The van der Waals surface area contributed by atoms with Crippen molar-refractivity contribution < 1.29 is 9.59 Å². The van der Waals surface area contributed by atoms with Gasteiger partial charge in [0.15, 0.2) is 0 Å². The van der Waals surface area contributed by atoms with E-state index in [0.29, 0.717) is 23.7 Å². The van der Waals surface area contributed by atoms with E-state index in [0.717, 1.165) is 17.2 Å². The third-order valence-electron chi connectivity index (χ3n) is 4.10. The zero-order valence-electron chi connectivity index (χ0n) is 12.6. The number of halogens is 1. The molecule has 1 atom stereocenters. The molecular formula is C18H17ClN2O2. The summed E-state index contributed by atoms with van der Waals surface area (Å²) in [6.45, 7) is 4.65. The van der Waals surface area contributed by atoms with Crippen molar-refractivity contribution in [3.63, 3.8) is 0 Å². The molecule has 0 spiro atoms. The predicted molar refractivity (Wildman–Crippen MR) is 91.6 cm³/mol. The van der Waals surface area contributed by atoms with Gasteiger partial charge in [0.1, 0.15) is 0 Å². The fourth-order valence-corrected chi connectivity index (χ4v) is 3.11. The molecule has 0 radical (unpaired) electrons. The van der Waals surface area contributed by atoms with Crippen molar-refractivity contribution in [3.8, 4) is 0 Å². The van der Waals surface area contributed by atoms with Gasteiger partial charge in [-0.05, 0) is 36.1 Å². The van der Waals surface area contributed by atoms with E-state index in [1.54, 1.807) is 11.0 Å². The molecule has 1 unspecified atom stereocenters. The van der Waals surface area contributed by atoms with Gasteiger partial charge in [-0.25, -0.2) is 0 Å². The first-order chi connectivity index (χ1) is 11.1. The Labute approximate surface area is 139 Å². The van der Waals surface area contributed by atoms with Crippen LogP contribution in [-0.2, 0) is 4.79 Å². The average molecular weight is 329 g/mol. The normalized spacial score (nSPS) is 17.3. The van der Waals surface area contributed by atoms with Gasteiger partial charge in [-0.2, -0.15) is 0 Å². The molecule has 1 aliphatic heterocycles. The number of hydrogen-bond donors (Lipinski definition) is 1. The van der Waals surface area contributed by atoms with Crippen molar-refractivity contribution in [2.75, 3.05) is 13.1 Å². The molecule has 0 aromatic heterocycles. The van der Waals surface area contributed by atoms with Gasteiger partial charge in [0.2, 0.25) is 5.91 Å². The Morgan fingerprint density at radius 3 is 2.91 bits per heavy atom. The molecule has 1 aliphatic rings. The monoisotopic (exact) mass is 328 g/mol. The number of amides is 2. The van der Waals surface area contributed by atoms with E-state index in [9.17, 15) is 9.59 Å². The van der Waals surface area contributed by atoms with Gasteiger partial charge in [-0.15, -0.1) is 0 Å². The number of carbonyl (C=O) groups excluding carboxylic acids is 2. The molecule has 23 heavy (non-hydrogen) atoms. The summed E-state index contributed by atoms with van der Waals surface area (Å²) in [5, 5.41) is 5.51. The molecule has 3 rings (SSSR count). The minimum Gasteiger partial charge on any atom is -0.347 e. The number of benzene rings is 2. The van der Waals surface area contributed by atoms with Gasteiger partial charge in [0.05, 0.1) is 0 Å². The van der Waals surface area contributed by atoms with Crippen LogP contribution in [0.4, 0.5) is 0 Å². The summed E-state index contributed by atoms with van der Waals surface area (Å²) >= 11 is 6.14. The number of rotatable bonds is 3. The van der Waals surface area contributed by atoms with Crippen LogP contribution in [0.15, 0.2) is 49.1 Å². The van der Waals surface area contributed by atoms with E-state index in [-0.39, 0.29) is 17.9 Å². The van der Waals surface area contributed by atoms with Crippen LogP contribution in [0.5, 0.6) is 0 Å². The molecule has 2 aromatic rings. The quantitative estimate of drug-likeness (QED) is 0.880. The lowest BCUT2D eigenvalue weighted by atomic mass is 10.1. The van der Waals surface area contributed by atoms with Crippen LogP contribution < -0.4 is 5.32 Å². The fraction of sp³-hybridized carbons (Fsp3) is 0.222. The molecule has 0 bridgehead atoms. The van der Waals surface area contributed by atoms with E-state index >= 15 is 0 Å². The van der Waals surface area contributed by atoms with Crippen LogP contribution in [0.25, 0.3) is 10.8 Å². The second-order valence-electron chi connectivity index (χ2n) is 5.62. The van der Waals surface area contributed by atoms with E-state index in [4.69, 9.17) is 11.6 Å². The maximum absolute atomic E-state index is 12.4. The van der Waals surface area contributed by atoms with Crippen LogP contribution in [0.1, 0.15) is 16.8 Å². The van der Waals surface area contributed by atoms with Gasteiger partial charge >= 0.3 is 0 Å². The lowest BCUT2D eigenvalue weighted by Crippen LogP contribution is -2.38. The first-order valence-corrected chi connectivity index (χ1v) is 7.87. The lowest BCUT2D eigenvalue weighted by molar-refractivity contribution is -0.125. The highest BCUT2D eigenvalue weighted by molar-refractivity contribution is 6.35. The van der Waals surface area contributed by atoms with Crippen molar-refractivity contribution >= 4 is 34.2 Å². The standard InChI is InChI=1S/C18H17ClN2O2/c1-2-17(22)21-9-8-14(11-21)20-18(23)13-6-7-15-12(10-13)4-3-5-16(15)19/h2-7,10,14H,1,8-9,11H2,(H,20,23). The summed E-state index contributed by atoms with van der Waals surface area (Å²) in [7, 11) is 0. The Bertz CT molecular complexity index is 788. The van der Waals surface area contributed by atoms with Crippen LogP contribution in [-0.4, -0.2) is 35.8 Å². The zero-order chi connectivity index (χ0) is 16.4. The number of carbonyl (C=O) groups is 2. The van der Waals surface area contributed by atoms with Gasteiger partial charge in [-0.3, -0.25) is 9.59 Å². The molecule has 0 saturated carbocycles. The molecular weight excluding hydrogens is 312 g/mol. The Balaban J connectivity index is 1.72. The smallest absolute Gasteiger partial charge is 0.251 e. The van der Waals surface area contributed by atoms with Crippen molar-refractivity contribution in [1.82, 2.24) is 10.2 Å². The summed E-state index contributed by atoms with van der Waals surface area (Å²) in [5.74, 6) is -0.230. The van der Waals surface area contributed by atoms with E-state index in [1.807, 2.05) is 30.3 Å². The Morgan fingerprint density at radius 1 is 1.30 bits per heavy atom. The first kappa shape index (κ1) is 15.6. The van der Waals surface area contributed by atoms with Crippen LogP contribution >= 0.6 is 11.6 Å². The van der Waals surface area contributed by atoms with Crippen molar-refractivity contribution in [3.05, 3.63) is 59.6 Å². The summed E-state index contributed by atoms with van der Waals surface area (Å²) in [6.07, 6.45) is 2.06. The maximum Gasteiger partial charge on any atom is 0.251 e. The van der Waals surface area contributed by atoms with E-state index < -0.39 is 0 Å². The zero-order valence-corrected chi connectivity index (χ0v) is 13.3. The predicted octanol–water partition coefficient (Wildman–Crippen LogP) is 3.01. The SMILES string of the molecule is C=CC(=O)N1CCC(NC(=O)c2ccc3c(Cl)cccc3c2)C1. The Morgan fingerprint density at radius 2 is 2.13 bits per heavy atom. The minimum absolute atomic E-state index is 0.0264. The summed E-state index contributed by atoms with van der Waals surface area (Å²) in [4.78, 5) is 25.7. The molecule has 1 N–H and O–H groups in total. The molecule has 1 fully saturated rings. The van der Waals surface area contributed by atoms with Crippen LogP contribution in [0, 0.1) is 0 Å². The second-order valence-corrected chi connectivity index (χ2v) is 6.03. The topological polar surface area (TPSA) is 49.4 Å². The minimum atomic E-state index is -0.134. The van der Waals surface area contributed by atoms with Gasteiger partial charge < -0.3 is 10.2 Å². The number of likely N-dealkylation sites (tertiary alicyclic amines) is 1. The molecule has 0 aliphatic carbocycles. The van der Waals surface area contributed by atoms with Gasteiger partial charge in [0.25, 0.3) is 5.91 Å². The van der Waals surface area contributed by atoms with Crippen molar-refractivity contribution in [2.45, 2.75) is 12.5 Å². The molecule has 5 heteroatoms. The van der Waals surface area contributed by atoms with Crippen molar-refractivity contribution in [1.29, 1.82) is 0 Å². The second kappa shape index (κ2) is 6.42. The third kappa shape index (κ3) is 3.22. The summed E-state index contributed by atoms with van der Waals surface area (Å²) in [6, 6.07) is 11.0. The molecule has 1 heterocycles. The van der Waals surface area contributed by atoms with Gasteiger partial charge in [-0.1, -0.05) is 36.4 Å². The molecule has 2 amide bonds. The number of nitrogens with one attached hydrogen (secondary N) is 1. The van der Waals surface area contributed by atoms with Crippen LogP contribution in [0.2, 0.25) is 5.02 Å². The number of hydrogen-bond acceptors (Lipinski definition) is 2. The Hall–Kier alpha value is -2.33. The summed E-state index contributed by atoms with van der Waals surface area (Å²) in [5.41, 5.74) is 0.591. The van der Waals surface area contributed by atoms with Gasteiger partial charge in [0, 0.05) is 35.1 Å². The highest BCUT2D eigenvalue weighted by Crippen LogP contribution is 2.24. The highest BCUT2D eigenvalue weighted by Gasteiger charge is 2.26. The maximum atomic E-state index is 12.4. The Kier molecular flexibility index (Phi) is 4.35. The fourth-order valence-electron chi connectivity index (χ4n) is 2.86. The largest absolute Gasteiger partial charge is 0.347 e. The molecule has 1 saturated heterocycles. The summed E-state index contributed by atoms with van der Waals surface area (Å²) < 4.78 is 0. The van der Waals surface area contributed by atoms with Crippen molar-refractivity contribution in [2.24, 2.45) is 0 Å². The highest BCUT2D eigenvalue weighted by atomic mass is 35.5. The molecule has 4 nitrogen and oxygen atoms in total.